The van der Waals surface area contributed by atoms with Crippen molar-refractivity contribution in [2.24, 2.45) is 5.92 Å². The summed E-state index contributed by atoms with van der Waals surface area (Å²) in [7, 11) is 1.63. The minimum absolute atomic E-state index is 0.0210. The van der Waals surface area contributed by atoms with Gasteiger partial charge in [-0.3, -0.25) is 9.59 Å². The molecule has 3 aromatic rings. The van der Waals surface area contributed by atoms with Crippen molar-refractivity contribution in [3.8, 4) is 0 Å². The third-order valence-electron chi connectivity index (χ3n) is 6.32. The highest BCUT2D eigenvalue weighted by molar-refractivity contribution is 7.09. The number of methoxy groups -OCH3 is 1. The van der Waals surface area contributed by atoms with E-state index in [2.05, 4.69) is 12.1 Å². The van der Waals surface area contributed by atoms with Gasteiger partial charge in [-0.1, -0.05) is 48.5 Å². The zero-order valence-corrected chi connectivity index (χ0v) is 20.8. The zero-order valence-electron chi connectivity index (χ0n) is 19.9. The molecular formula is C28H31FN2O3S. The van der Waals surface area contributed by atoms with Gasteiger partial charge in [0.2, 0.25) is 11.8 Å². The molecule has 2 unspecified atom stereocenters. The molecule has 7 heteroatoms. The lowest BCUT2D eigenvalue weighted by molar-refractivity contribution is -0.142. The highest BCUT2D eigenvalue weighted by atomic mass is 32.1. The number of amides is 2. The molecular weight excluding hydrogens is 463 g/mol. The second-order valence-electron chi connectivity index (χ2n) is 8.92. The van der Waals surface area contributed by atoms with E-state index in [4.69, 9.17) is 4.74 Å². The van der Waals surface area contributed by atoms with Gasteiger partial charge in [-0.15, -0.1) is 11.3 Å². The van der Waals surface area contributed by atoms with Crippen molar-refractivity contribution < 1.29 is 18.7 Å². The van der Waals surface area contributed by atoms with Crippen molar-refractivity contribution in [1.29, 1.82) is 0 Å². The van der Waals surface area contributed by atoms with Crippen molar-refractivity contribution >= 4 is 23.2 Å². The summed E-state index contributed by atoms with van der Waals surface area (Å²) in [5.74, 6) is -0.274. The molecule has 2 atom stereocenters. The van der Waals surface area contributed by atoms with Gasteiger partial charge in [0.1, 0.15) is 5.82 Å². The van der Waals surface area contributed by atoms with Crippen LogP contribution in [0.2, 0.25) is 0 Å². The van der Waals surface area contributed by atoms with Gasteiger partial charge in [-0.05, 0) is 53.5 Å². The summed E-state index contributed by atoms with van der Waals surface area (Å²) in [6.07, 6.45) is 1.48. The van der Waals surface area contributed by atoms with Gasteiger partial charge in [-0.2, -0.15) is 0 Å². The first kappa shape index (κ1) is 25.1. The molecule has 1 fully saturated rings. The van der Waals surface area contributed by atoms with Crippen LogP contribution >= 0.6 is 11.3 Å². The molecule has 0 bridgehead atoms. The normalized spacial score (nSPS) is 16.6. The van der Waals surface area contributed by atoms with Crippen molar-refractivity contribution in [3.63, 3.8) is 0 Å². The van der Waals surface area contributed by atoms with Gasteiger partial charge in [0.05, 0.1) is 13.1 Å². The highest BCUT2D eigenvalue weighted by Gasteiger charge is 2.46. The third kappa shape index (κ3) is 6.99. The Kier molecular flexibility index (Phi) is 8.66. The predicted octanol–water partition coefficient (Wildman–Crippen LogP) is 5.08. The molecule has 1 aromatic heterocycles. The Balaban J connectivity index is 1.47. The summed E-state index contributed by atoms with van der Waals surface area (Å²) in [6.45, 7) is 1.82. The van der Waals surface area contributed by atoms with Crippen molar-refractivity contribution in [2.45, 2.75) is 31.8 Å². The Bertz CT molecular complexity index is 1090. The van der Waals surface area contributed by atoms with E-state index in [1.54, 1.807) is 40.4 Å². The minimum Gasteiger partial charge on any atom is -0.385 e. The lowest BCUT2D eigenvalue weighted by Gasteiger charge is -2.28. The summed E-state index contributed by atoms with van der Waals surface area (Å²) in [5, 5.41) is 1.98. The minimum atomic E-state index is -0.308. The molecule has 0 N–H and O–H groups in total. The van der Waals surface area contributed by atoms with Crippen LogP contribution in [-0.2, 0) is 27.4 Å². The summed E-state index contributed by atoms with van der Waals surface area (Å²) in [4.78, 5) is 31.4. The molecule has 2 amide bonds. The van der Waals surface area contributed by atoms with Crippen LogP contribution < -0.4 is 0 Å². The number of ether oxygens (including phenoxy) is 1. The molecule has 2 aromatic carbocycles. The van der Waals surface area contributed by atoms with E-state index in [9.17, 15) is 14.0 Å². The fraction of sp³-hybridized carbons (Fsp3) is 0.357. The standard InChI is InChI=1S/C28H31FN2O3S/c1-34-15-6-14-30(28(33)26-17-25(26)22-7-3-2-4-8-22)20-27(32)31(19-24-9-5-16-35-24)18-21-10-12-23(29)13-11-21/h2-5,7-13,16,25-26H,6,14-15,17-20H2,1H3. The van der Waals surface area contributed by atoms with E-state index in [1.165, 1.54) is 17.7 Å². The van der Waals surface area contributed by atoms with Crippen LogP contribution in [0.5, 0.6) is 0 Å². The summed E-state index contributed by atoms with van der Waals surface area (Å²) >= 11 is 1.59. The van der Waals surface area contributed by atoms with E-state index < -0.39 is 0 Å². The largest absolute Gasteiger partial charge is 0.385 e. The number of benzene rings is 2. The third-order valence-corrected chi connectivity index (χ3v) is 7.18. The molecule has 1 heterocycles. The predicted molar refractivity (Wildman–Crippen MR) is 135 cm³/mol. The quantitative estimate of drug-likeness (QED) is 0.330. The maximum atomic E-state index is 13.5. The maximum absolute atomic E-state index is 13.5. The topological polar surface area (TPSA) is 49.9 Å². The van der Waals surface area contributed by atoms with Crippen LogP contribution in [0.25, 0.3) is 0 Å². The molecule has 1 aliphatic rings. The first-order chi connectivity index (χ1) is 17.0. The van der Waals surface area contributed by atoms with Crippen LogP contribution in [-0.4, -0.2) is 48.4 Å². The number of hydrogen-bond donors (Lipinski definition) is 0. The Hall–Kier alpha value is -3.03. The van der Waals surface area contributed by atoms with E-state index >= 15 is 0 Å². The Morgan fingerprint density at radius 2 is 1.77 bits per heavy atom. The highest BCUT2D eigenvalue weighted by Crippen LogP contribution is 2.48. The number of rotatable bonds is 12. The average molecular weight is 495 g/mol. The number of nitrogens with zero attached hydrogens (tertiary/aromatic N) is 2. The van der Waals surface area contributed by atoms with E-state index in [0.29, 0.717) is 32.7 Å². The summed E-state index contributed by atoms with van der Waals surface area (Å²) < 4.78 is 18.6. The van der Waals surface area contributed by atoms with Crippen molar-refractivity contribution in [2.75, 3.05) is 26.8 Å². The van der Waals surface area contributed by atoms with Crippen LogP contribution in [0.3, 0.4) is 0 Å². The van der Waals surface area contributed by atoms with Gasteiger partial charge < -0.3 is 14.5 Å². The van der Waals surface area contributed by atoms with Crippen LogP contribution in [0, 0.1) is 11.7 Å². The molecule has 1 saturated carbocycles. The lowest BCUT2D eigenvalue weighted by Crippen LogP contribution is -2.43. The fourth-order valence-electron chi connectivity index (χ4n) is 4.33. The number of halogens is 1. The van der Waals surface area contributed by atoms with Crippen LogP contribution in [0.4, 0.5) is 4.39 Å². The van der Waals surface area contributed by atoms with Gasteiger partial charge in [0.25, 0.3) is 0 Å². The number of hydrogen-bond acceptors (Lipinski definition) is 4. The number of carbonyl (C=O) groups is 2. The van der Waals surface area contributed by atoms with Gasteiger partial charge in [0.15, 0.2) is 0 Å². The summed E-state index contributed by atoms with van der Waals surface area (Å²) in [6, 6.07) is 20.2. The van der Waals surface area contributed by atoms with Crippen molar-refractivity contribution in [1.82, 2.24) is 9.80 Å². The second kappa shape index (κ2) is 12.1. The molecule has 0 radical (unpaired) electrons. The molecule has 5 nitrogen and oxygen atoms in total. The SMILES string of the molecule is COCCCN(CC(=O)N(Cc1ccc(F)cc1)Cc1cccs1)C(=O)C1CC1c1ccccc1. The smallest absolute Gasteiger partial charge is 0.242 e. The van der Waals surface area contributed by atoms with Crippen LogP contribution in [0.1, 0.15) is 34.8 Å². The van der Waals surface area contributed by atoms with Crippen molar-refractivity contribution in [3.05, 3.63) is 93.9 Å². The lowest BCUT2D eigenvalue weighted by atomic mass is 10.1. The Labute approximate surface area is 210 Å². The maximum Gasteiger partial charge on any atom is 0.242 e. The molecule has 0 saturated heterocycles. The zero-order chi connectivity index (χ0) is 24.6. The molecule has 1 aliphatic carbocycles. The Morgan fingerprint density at radius 1 is 1.00 bits per heavy atom. The number of carbonyl (C=O) groups excluding carboxylic acids is 2. The van der Waals surface area contributed by atoms with Gasteiger partial charge in [-0.25, -0.2) is 4.39 Å². The number of thiophene rings is 1. The Morgan fingerprint density at radius 3 is 2.46 bits per heavy atom. The van der Waals surface area contributed by atoms with E-state index in [-0.39, 0.29) is 36.0 Å². The first-order valence-corrected chi connectivity index (χ1v) is 12.8. The fourth-order valence-corrected chi connectivity index (χ4v) is 5.05. The average Bonchev–Trinajstić information content (AvgIpc) is 3.51. The monoisotopic (exact) mass is 494 g/mol. The molecule has 184 valence electrons. The first-order valence-electron chi connectivity index (χ1n) is 11.9. The van der Waals surface area contributed by atoms with Gasteiger partial charge in [0, 0.05) is 37.6 Å². The molecule has 0 aliphatic heterocycles. The molecule has 35 heavy (non-hydrogen) atoms. The van der Waals surface area contributed by atoms with E-state index in [1.807, 2.05) is 35.7 Å². The second-order valence-corrected chi connectivity index (χ2v) is 9.95. The molecule has 0 spiro atoms. The van der Waals surface area contributed by atoms with Crippen LogP contribution in [0.15, 0.2) is 72.1 Å². The van der Waals surface area contributed by atoms with E-state index in [0.717, 1.165) is 16.9 Å². The van der Waals surface area contributed by atoms with Gasteiger partial charge >= 0.3 is 0 Å². The molecule has 4 rings (SSSR count). The summed E-state index contributed by atoms with van der Waals surface area (Å²) in [5.41, 5.74) is 2.02.